The van der Waals surface area contributed by atoms with Crippen molar-refractivity contribution in [2.24, 2.45) is 35.5 Å². The van der Waals surface area contributed by atoms with Crippen molar-refractivity contribution in [2.75, 3.05) is 89.1 Å². The summed E-state index contributed by atoms with van der Waals surface area (Å²) in [5.74, 6) is -12.0. The Morgan fingerprint density at radius 1 is 0.574 bits per heavy atom. The second kappa shape index (κ2) is 37.4. The van der Waals surface area contributed by atoms with Gasteiger partial charge in [0, 0.05) is 74.8 Å². The van der Waals surface area contributed by atoms with Gasteiger partial charge in [-0.1, -0.05) is 91.9 Å². The van der Waals surface area contributed by atoms with Crippen LogP contribution in [0.25, 0.3) is 0 Å². The molecule has 24 nitrogen and oxygen atoms in total. The molecule has 0 bridgehead atoms. The maximum Gasteiger partial charge on any atom is 0.393 e. The Bertz CT molecular complexity index is 2910. The predicted molar refractivity (Wildman–Crippen MR) is 372 cm³/mol. The molecule has 1 spiro atoms. The van der Waals surface area contributed by atoms with Gasteiger partial charge in [0.25, 0.3) is 0 Å². The highest BCUT2D eigenvalue weighted by Gasteiger charge is 2.51. The molecule has 3 N–H and O–H groups in total. The van der Waals surface area contributed by atoms with Crippen LogP contribution in [0.4, 0.5) is 17.6 Å². The largest absolute Gasteiger partial charge is 0.393 e. The molecule has 4 aliphatic carbocycles. The lowest BCUT2D eigenvalue weighted by molar-refractivity contribution is -0.182. The molecular weight excluding hydrogens is 1340 g/mol. The van der Waals surface area contributed by atoms with E-state index in [1.807, 2.05) is 6.92 Å². The molecule has 2 saturated heterocycles. The van der Waals surface area contributed by atoms with Gasteiger partial charge in [-0.3, -0.25) is 57.5 Å². The van der Waals surface area contributed by atoms with E-state index in [0.717, 1.165) is 67.9 Å². The summed E-state index contributed by atoms with van der Waals surface area (Å²) in [4.78, 5) is 189. The number of hydrogen-bond donors (Lipinski definition) is 3. The van der Waals surface area contributed by atoms with E-state index in [1.54, 1.807) is 25.7 Å². The van der Waals surface area contributed by atoms with E-state index in [0.29, 0.717) is 64.5 Å². The number of alkyl halides is 5. The smallest absolute Gasteiger partial charge is 0.343 e. The number of likely N-dealkylation sites (N-methyl/N-ethyl adjacent to an activating group) is 8. The Labute approximate surface area is 600 Å². The molecule has 13 atom stereocenters. The summed E-state index contributed by atoms with van der Waals surface area (Å²) >= 11 is 6.42. The number of rotatable bonds is 11. The topological polar surface area (TPSA) is 270 Å². The van der Waals surface area contributed by atoms with Crippen molar-refractivity contribution >= 4 is 82.5 Å². The van der Waals surface area contributed by atoms with E-state index < -0.39 is 192 Å². The van der Waals surface area contributed by atoms with Crippen LogP contribution < -0.4 is 16.0 Å². The van der Waals surface area contributed by atoms with Crippen LogP contribution in [0, 0.1) is 35.5 Å². The molecule has 0 radical (unpaired) electrons. The minimum atomic E-state index is -4.54. The van der Waals surface area contributed by atoms with Crippen LogP contribution in [0.5, 0.6) is 0 Å². The molecule has 0 aromatic heterocycles. The number of carbonyl (C=O) groups is 12. The zero-order chi connectivity index (χ0) is 75.1. The summed E-state index contributed by atoms with van der Waals surface area (Å²) in [7, 11) is 11.1. The lowest BCUT2D eigenvalue weighted by Crippen LogP contribution is -2.65. The first-order chi connectivity index (χ1) is 47.4. The third kappa shape index (κ3) is 21.9. The Hall–Kier alpha value is -6.35. The SMILES string of the molecule is CC[C@H](C)[C@@H]1NC(=O)[C@H](C)N(C)C(=O)C[C@@H](C(=O)N2CCCCC2)N(C)C(=O)[C@H](C(C)C)N(C)C(=O)C2(CCCC2)NC(=O)[C@H](CC2CCCC(F)C2)N(C)C(=O)[C@H](CCC2CCC(C(F)(F)F)C(Cl)C2)NC(=O)CN(C)C(=O)[C@H](CC2CCCCC2)N(C)C(=O)CN(C)C(=O)CN(C)C1=O. The van der Waals surface area contributed by atoms with Gasteiger partial charge < -0.3 is 60.0 Å². The van der Waals surface area contributed by atoms with E-state index in [4.69, 9.17) is 11.6 Å². The average Bonchev–Trinajstić information content (AvgIpc) is 0.990. The number of carbonyl (C=O) groups excluding carboxylic acids is 12. The van der Waals surface area contributed by atoms with E-state index in [2.05, 4.69) is 16.0 Å². The molecule has 101 heavy (non-hydrogen) atoms. The number of nitrogens with zero attached hydrogens (tertiary/aromatic N) is 9. The first-order valence-corrected chi connectivity index (χ1v) is 37.5. The summed E-state index contributed by atoms with van der Waals surface area (Å²) in [5, 5.41) is 7.38. The third-order valence-corrected chi connectivity index (χ3v) is 23.5. The van der Waals surface area contributed by atoms with Crippen molar-refractivity contribution in [3.8, 4) is 0 Å². The second-order valence-electron chi connectivity index (χ2n) is 30.8. The van der Waals surface area contributed by atoms with Gasteiger partial charge in [-0.2, -0.15) is 13.2 Å². The predicted octanol–water partition coefficient (Wildman–Crippen LogP) is 6.29. The molecule has 12 amide bonds. The Morgan fingerprint density at radius 3 is 1.76 bits per heavy atom. The van der Waals surface area contributed by atoms with Crippen LogP contribution in [0.1, 0.15) is 195 Å². The summed E-state index contributed by atoms with van der Waals surface area (Å²) in [5.41, 5.74) is -1.67. The average molecular weight is 1450 g/mol. The van der Waals surface area contributed by atoms with Crippen LogP contribution in [0.3, 0.4) is 0 Å². The summed E-state index contributed by atoms with van der Waals surface area (Å²) in [6, 6.07) is -9.19. The highest BCUT2D eigenvalue weighted by molar-refractivity contribution is 6.21. The number of piperidine rings is 1. The van der Waals surface area contributed by atoms with Crippen molar-refractivity contribution in [2.45, 2.75) is 261 Å². The zero-order valence-corrected chi connectivity index (χ0v) is 62.9. The van der Waals surface area contributed by atoms with Gasteiger partial charge >= 0.3 is 6.18 Å². The van der Waals surface area contributed by atoms with E-state index in [9.17, 15) is 51.5 Å². The van der Waals surface area contributed by atoms with Gasteiger partial charge in [0.15, 0.2) is 0 Å². The number of likely N-dealkylation sites (tertiary alicyclic amines) is 1. The fourth-order valence-electron chi connectivity index (χ4n) is 16.0. The second-order valence-corrected chi connectivity index (χ2v) is 31.3. The summed E-state index contributed by atoms with van der Waals surface area (Å²) < 4.78 is 57.6. The molecule has 572 valence electrons. The minimum absolute atomic E-state index is 0.00632. The Balaban J connectivity index is 1.43. The lowest BCUT2D eigenvalue weighted by Gasteiger charge is -2.42. The number of hydrogen-bond acceptors (Lipinski definition) is 12. The van der Waals surface area contributed by atoms with Crippen molar-refractivity contribution < 1.29 is 75.1 Å². The van der Waals surface area contributed by atoms with Crippen LogP contribution in [-0.2, 0) is 57.5 Å². The van der Waals surface area contributed by atoms with Crippen LogP contribution in [0.2, 0.25) is 0 Å². The summed E-state index contributed by atoms with van der Waals surface area (Å²) in [6.07, 6.45) is 2.92. The lowest BCUT2D eigenvalue weighted by atomic mass is 9.78. The third-order valence-electron chi connectivity index (χ3n) is 23.0. The van der Waals surface area contributed by atoms with Crippen LogP contribution in [-0.4, -0.2) is 270 Å². The summed E-state index contributed by atoms with van der Waals surface area (Å²) in [6.45, 7) is 7.41. The van der Waals surface area contributed by atoms with E-state index in [1.165, 1.54) is 73.1 Å². The van der Waals surface area contributed by atoms with Crippen molar-refractivity contribution in [3.63, 3.8) is 0 Å². The highest BCUT2D eigenvalue weighted by atomic mass is 35.5. The standard InChI is InChI=1S/C72H117ClF4N12O12/c1-14-45(4)61-68(99)83(8)42-59(92)81(6)43-60(93)85(10)55(38-47-24-17-15-18-25-47)66(97)82(7)41-57(90)78-53(31-29-48-28-30-51(52(73)37-48)72(75,76)77)65(96)86(11)54(39-49-26-23-27-50(74)36-49)64(95)80-71(32-19-20-33-71)70(101)88(13)62(44(2)3)69(100)87(12)56(67(98)89-34-21-16-22-35-89)40-58(91)84(9)46(5)63(94)79-61/h44-56,61-62H,14-43H2,1-13H3,(H,78,90)(H,79,94)(H,80,95)/t45-,46-,48?,49?,50?,51?,52?,53-,54-,55-,56-,61-,62-/m0/s1. The zero-order valence-electron chi connectivity index (χ0n) is 62.2. The maximum atomic E-state index is 15.6. The van der Waals surface area contributed by atoms with E-state index >= 15 is 23.6 Å². The number of halogens is 5. The first-order valence-electron chi connectivity index (χ1n) is 37.0. The van der Waals surface area contributed by atoms with Gasteiger partial charge in [-0.15, -0.1) is 11.6 Å². The molecule has 5 unspecified atom stereocenters. The van der Waals surface area contributed by atoms with Gasteiger partial charge in [0.2, 0.25) is 70.9 Å². The van der Waals surface area contributed by atoms with Crippen LogP contribution in [0.15, 0.2) is 0 Å². The number of nitrogens with one attached hydrogen (secondary N) is 3. The van der Waals surface area contributed by atoms with Crippen molar-refractivity contribution in [1.29, 1.82) is 0 Å². The Morgan fingerprint density at radius 2 is 1.17 bits per heavy atom. The van der Waals surface area contributed by atoms with Crippen molar-refractivity contribution in [1.82, 2.24) is 60.0 Å². The van der Waals surface area contributed by atoms with Gasteiger partial charge in [-0.05, 0) is 126 Å². The van der Waals surface area contributed by atoms with Crippen molar-refractivity contribution in [3.05, 3.63) is 0 Å². The monoisotopic (exact) mass is 1450 g/mol. The van der Waals surface area contributed by atoms with Crippen LogP contribution >= 0.6 is 11.6 Å². The minimum Gasteiger partial charge on any atom is -0.343 e. The molecule has 6 fully saturated rings. The normalized spacial score (nSPS) is 30.7. The maximum absolute atomic E-state index is 15.6. The molecule has 6 aliphatic rings. The molecule has 4 saturated carbocycles. The molecule has 29 heteroatoms. The fourth-order valence-corrected chi connectivity index (χ4v) is 16.6. The first kappa shape index (κ1) is 83.6. The van der Waals surface area contributed by atoms with Gasteiger partial charge in [-0.25, -0.2) is 4.39 Å². The Kier molecular flexibility index (Phi) is 30.9. The van der Waals surface area contributed by atoms with Gasteiger partial charge in [0.05, 0.1) is 32.0 Å². The number of amides is 12. The van der Waals surface area contributed by atoms with Gasteiger partial charge in [0.1, 0.15) is 54.0 Å². The molecule has 2 aliphatic heterocycles. The highest BCUT2D eigenvalue weighted by Crippen LogP contribution is 2.44. The molecule has 6 rings (SSSR count). The molecular formula is C72H117ClF4N12O12. The molecule has 0 aromatic carbocycles. The molecule has 0 aromatic rings. The fraction of sp³-hybridized carbons (Fsp3) is 0.833. The van der Waals surface area contributed by atoms with E-state index in [-0.39, 0.29) is 70.1 Å². The quantitative estimate of drug-likeness (QED) is 0.152. The molecule has 2 heterocycles.